The molecule has 1 atom stereocenters. The molecule has 1 amide bonds. The lowest BCUT2D eigenvalue weighted by atomic mass is 9.88. The molecule has 1 aliphatic heterocycles. The number of nitrogens with zero attached hydrogens (tertiary/aromatic N) is 2. The van der Waals surface area contributed by atoms with Crippen molar-refractivity contribution in [3.05, 3.63) is 51.7 Å². The SMILES string of the molecule is C[C@H]1CCc2c(C(=O)N3CCCSC3=Nc3ccccc3)csc2C1. The molecule has 5 heteroatoms. The summed E-state index contributed by atoms with van der Waals surface area (Å²) in [5, 5.41) is 2.91. The summed E-state index contributed by atoms with van der Waals surface area (Å²) in [6, 6.07) is 9.92. The van der Waals surface area contributed by atoms with E-state index in [0.717, 1.165) is 53.9 Å². The fourth-order valence-corrected chi connectivity index (χ4v) is 5.65. The predicted molar refractivity (Wildman–Crippen MR) is 107 cm³/mol. The highest BCUT2D eigenvalue weighted by atomic mass is 32.2. The van der Waals surface area contributed by atoms with E-state index in [4.69, 9.17) is 4.99 Å². The summed E-state index contributed by atoms with van der Waals surface area (Å²) in [5.41, 5.74) is 3.11. The Labute approximate surface area is 157 Å². The number of thiophene rings is 1. The van der Waals surface area contributed by atoms with E-state index in [2.05, 4.69) is 12.3 Å². The van der Waals surface area contributed by atoms with Crippen molar-refractivity contribution < 1.29 is 4.79 Å². The summed E-state index contributed by atoms with van der Waals surface area (Å²) < 4.78 is 0. The number of fused-ring (bicyclic) bond motifs is 1. The Kier molecular flexibility index (Phi) is 4.95. The number of thioether (sulfide) groups is 1. The van der Waals surface area contributed by atoms with Gasteiger partial charge in [0.2, 0.25) is 0 Å². The minimum Gasteiger partial charge on any atom is -0.287 e. The third kappa shape index (κ3) is 3.53. The van der Waals surface area contributed by atoms with Crippen molar-refractivity contribution in [1.29, 1.82) is 0 Å². The molecule has 1 aromatic carbocycles. The lowest BCUT2D eigenvalue weighted by molar-refractivity contribution is 0.0848. The Morgan fingerprint density at radius 1 is 1.28 bits per heavy atom. The first kappa shape index (κ1) is 16.9. The molecule has 4 rings (SSSR count). The van der Waals surface area contributed by atoms with Gasteiger partial charge in [0.1, 0.15) is 0 Å². The van der Waals surface area contributed by atoms with Gasteiger partial charge in [-0.1, -0.05) is 36.9 Å². The topological polar surface area (TPSA) is 32.7 Å². The molecule has 0 bridgehead atoms. The fourth-order valence-electron chi connectivity index (χ4n) is 3.46. The van der Waals surface area contributed by atoms with Gasteiger partial charge in [-0.05, 0) is 49.3 Å². The van der Waals surface area contributed by atoms with Crippen LogP contribution in [0.1, 0.15) is 40.6 Å². The Hall–Kier alpha value is -1.59. The van der Waals surface area contributed by atoms with E-state index in [1.165, 1.54) is 16.9 Å². The number of amides is 1. The largest absolute Gasteiger partial charge is 0.287 e. The van der Waals surface area contributed by atoms with Gasteiger partial charge in [-0.15, -0.1) is 11.3 Å². The lowest BCUT2D eigenvalue weighted by Crippen LogP contribution is -2.39. The maximum Gasteiger partial charge on any atom is 0.260 e. The van der Waals surface area contributed by atoms with E-state index in [1.807, 2.05) is 35.2 Å². The second-order valence-electron chi connectivity index (χ2n) is 6.79. The number of para-hydroxylation sites is 1. The second kappa shape index (κ2) is 7.34. The number of benzene rings is 1. The third-order valence-corrected chi connectivity index (χ3v) is 6.96. The van der Waals surface area contributed by atoms with Gasteiger partial charge in [-0.3, -0.25) is 9.69 Å². The highest BCUT2D eigenvalue weighted by molar-refractivity contribution is 8.13. The van der Waals surface area contributed by atoms with Crippen molar-refractivity contribution >= 4 is 39.9 Å². The molecule has 0 N–H and O–H groups in total. The summed E-state index contributed by atoms with van der Waals surface area (Å²) in [6.07, 6.45) is 4.36. The molecule has 1 fully saturated rings. The minimum atomic E-state index is 0.133. The predicted octanol–water partition coefficient (Wildman–Crippen LogP) is 5.14. The number of aliphatic imine (C=N–C) groups is 1. The first-order chi connectivity index (χ1) is 12.2. The van der Waals surface area contributed by atoms with Crippen molar-refractivity contribution in [3.8, 4) is 0 Å². The van der Waals surface area contributed by atoms with Gasteiger partial charge in [-0.2, -0.15) is 0 Å². The van der Waals surface area contributed by atoms with Gasteiger partial charge in [-0.25, -0.2) is 4.99 Å². The summed E-state index contributed by atoms with van der Waals surface area (Å²) >= 11 is 3.45. The zero-order valence-corrected chi connectivity index (χ0v) is 16.0. The zero-order chi connectivity index (χ0) is 17.2. The average molecular weight is 371 g/mol. The van der Waals surface area contributed by atoms with Crippen LogP contribution >= 0.6 is 23.1 Å². The van der Waals surface area contributed by atoms with E-state index in [9.17, 15) is 4.79 Å². The van der Waals surface area contributed by atoms with Gasteiger partial charge in [0.25, 0.3) is 5.91 Å². The van der Waals surface area contributed by atoms with Gasteiger partial charge >= 0.3 is 0 Å². The summed E-state index contributed by atoms with van der Waals surface area (Å²) in [6.45, 7) is 3.06. The molecule has 3 nitrogen and oxygen atoms in total. The average Bonchev–Trinajstić information content (AvgIpc) is 3.05. The Balaban J connectivity index is 1.63. The van der Waals surface area contributed by atoms with Crippen molar-refractivity contribution in [2.45, 2.75) is 32.6 Å². The highest BCUT2D eigenvalue weighted by Gasteiger charge is 2.29. The maximum atomic E-state index is 13.3. The van der Waals surface area contributed by atoms with E-state index < -0.39 is 0 Å². The number of hydrogen-bond donors (Lipinski definition) is 0. The quantitative estimate of drug-likeness (QED) is 0.733. The van der Waals surface area contributed by atoms with Crippen LogP contribution in [0.15, 0.2) is 40.7 Å². The van der Waals surface area contributed by atoms with Crippen LogP contribution in [0.2, 0.25) is 0 Å². The van der Waals surface area contributed by atoms with Crippen LogP contribution in [0, 0.1) is 5.92 Å². The third-order valence-electron chi connectivity index (χ3n) is 4.85. The maximum absolute atomic E-state index is 13.3. The smallest absolute Gasteiger partial charge is 0.260 e. The van der Waals surface area contributed by atoms with E-state index in [0.29, 0.717) is 0 Å². The van der Waals surface area contributed by atoms with Crippen molar-refractivity contribution in [1.82, 2.24) is 4.90 Å². The molecule has 0 saturated carbocycles. The number of carbonyl (C=O) groups is 1. The molecule has 0 unspecified atom stereocenters. The number of amidine groups is 1. The molecular weight excluding hydrogens is 348 g/mol. The van der Waals surface area contributed by atoms with Gasteiger partial charge in [0.05, 0.1) is 11.3 Å². The molecule has 25 heavy (non-hydrogen) atoms. The standard InChI is InChI=1S/C20H22N2OS2/c1-14-8-9-16-17(13-25-18(16)12-14)19(23)22-10-5-11-24-20(22)21-15-6-3-2-4-7-15/h2-4,6-7,13-14H,5,8-12H2,1H3/t14-/m0/s1. The fraction of sp³-hybridized carbons (Fsp3) is 0.400. The molecule has 0 radical (unpaired) electrons. The normalized spacial score (nSPS) is 22.0. The number of hydrogen-bond acceptors (Lipinski definition) is 4. The van der Waals surface area contributed by atoms with Crippen LogP contribution in [0.4, 0.5) is 5.69 Å². The monoisotopic (exact) mass is 370 g/mol. The number of carbonyl (C=O) groups excluding carboxylic acids is 1. The lowest BCUT2D eigenvalue weighted by Gasteiger charge is -2.28. The van der Waals surface area contributed by atoms with E-state index >= 15 is 0 Å². The van der Waals surface area contributed by atoms with Crippen LogP contribution in [0.5, 0.6) is 0 Å². The molecule has 2 heterocycles. The first-order valence-corrected chi connectivity index (χ1v) is 10.8. The van der Waals surface area contributed by atoms with Crippen LogP contribution < -0.4 is 0 Å². The Bertz CT molecular complexity index is 797. The van der Waals surface area contributed by atoms with Crippen LogP contribution in [-0.2, 0) is 12.8 Å². The number of rotatable bonds is 2. The Morgan fingerprint density at radius 3 is 2.96 bits per heavy atom. The highest BCUT2D eigenvalue weighted by Crippen LogP contribution is 2.34. The van der Waals surface area contributed by atoms with Crippen molar-refractivity contribution in [2.24, 2.45) is 10.9 Å². The molecule has 2 aromatic rings. The molecule has 1 aliphatic carbocycles. The molecule has 0 spiro atoms. The first-order valence-electron chi connectivity index (χ1n) is 8.90. The summed E-state index contributed by atoms with van der Waals surface area (Å²) in [7, 11) is 0. The van der Waals surface area contributed by atoms with Gasteiger partial charge in [0.15, 0.2) is 5.17 Å². The van der Waals surface area contributed by atoms with Gasteiger partial charge < -0.3 is 0 Å². The van der Waals surface area contributed by atoms with E-state index in [1.54, 1.807) is 23.1 Å². The van der Waals surface area contributed by atoms with E-state index in [-0.39, 0.29) is 5.91 Å². The zero-order valence-electron chi connectivity index (χ0n) is 14.4. The second-order valence-corrected chi connectivity index (χ2v) is 8.81. The summed E-state index contributed by atoms with van der Waals surface area (Å²) in [4.78, 5) is 21.3. The van der Waals surface area contributed by atoms with Crippen molar-refractivity contribution in [2.75, 3.05) is 12.3 Å². The van der Waals surface area contributed by atoms with Crippen LogP contribution in [0.25, 0.3) is 0 Å². The van der Waals surface area contributed by atoms with Crippen molar-refractivity contribution in [3.63, 3.8) is 0 Å². The molecule has 1 aromatic heterocycles. The molecule has 130 valence electrons. The summed E-state index contributed by atoms with van der Waals surface area (Å²) in [5.74, 6) is 1.89. The molecular formula is C20H22N2OS2. The Morgan fingerprint density at radius 2 is 2.12 bits per heavy atom. The molecule has 1 saturated heterocycles. The minimum absolute atomic E-state index is 0.133. The van der Waals surface area contributed by atoms with Crippen LogP contribution in [0.3, 0.4) is 0 Å². The van der Waals surface area contributed by atoms with Gasteiger partial charge in [0, 0.05) is 22.6 Å². The van der Waals surface area contributed by atoms with Crippen LogP contribution in [-0.4, -0.2) is 28.3 Å². The molecule has 2 aliphatic rings.